The zero-order valence-corrected chi connectivity index (χ0v) is 18.9. The highest BCUT2D eigenvalue weighted by Crippen LogP contribution is 2.43. The topological polar surface area (TPSA) is 62.4 Å². The molecule has 3 aromatic carbocycles. The van der Waals surface area contributed by atoms with Crippen molar-refractivity contribution in [3.8, 4) is 11.5 Å². The van der Waals surface area contributed by atoms with Crippen LogP contribution in [0.1, 0.15) is 28.2 Å². The first kappa shape index (κ1) is 20.4. The van der Waals surface area contributed by atoms with Gasteiger partial charge in [-0.15, -0.1) is 0 Å². The average Bonchev–Trinajstić information content (AvgIpc) is 2.72. The number of anilines is 1. The predicted molar refractivity (Wildman–Crippen MR) is 126 cm³/mol. The molecule has 30 heavy (non-hydrogen) atoms. The molecule has 0 bridgehead atoms. The fraction of sp³-hybridized carbons (Fsp3) is 0.130. The van der Waals surface area contributed by atoms with Gasteiger partial charge in [0.1, 0.15) is 11.5 Å². The van der Waals surface area contributed by atoms with E-state index >= 15 is 0 Å². The van der Waals surface area contributed by atoms with Gasteiger partial charge in [-0.05, 0) is 61.5 Å². The Morgan fingerprint density at radius 3 is 2.03 bits per heavy atom. The van der Waals surface area contributed by atoms with Crippen molar-refractivity contribution in [2.24, 2.45) is 0 Å². The molecule has 1 aliphatic heterocycles. The van der Waals surface area contributed by atoms with Crippen molar-refractivity contribution in [1.29, 1.82) is 0 Å². The minimum absolute atomic E-state index is 0.216. The summed E-state index contributed by atoms with van der Waals surface area (Å²) in [7, 11) is 0. The minimum Gasteiger partial charge on any atom is -0.457 e. The lowest BCUT2D eigenvalue weighted by Crippen LogP contribution is -2.46. The third-order valence-corrected chi connectivity index (χ3v) is 5.64. The number of amides is 1. The summed E-state index contributed by atoms with van der Waals surface area (Å²) in [6.45, 7) is 3.99. The van der Waals surface area contributed by atoms with Crippen LogP contribution in [0.15, 0.2) is 65.1 Å². The van der Waals surface area contributed by atoms with Gasteiger partial charge in [0, 0.05) is 21.3 Å². The summed E-state index contributed by atoms with van der Waals surface area (Å²) in [5.41, 5.74) is 10.2. The maximum atomic E-state index is 13.1. The molecule has 0 unspecified atom stereocenters. The number of nitrogens with one attached hydrogen (secondary N) is 3. The Bertz CT molecular complexity index is 1080. The van der Waals surface area contributed by atoms with Gasteiger partial charge in [-0.3, -0.25) is 15.6 Å². The number of thiocarbonyl (C=S) groups is 1. The van der Waals surface area contributed by atoms with E-state index in [9.17, 15) is 4.79 Å². The van der Waals surface area contributed by atoms with Crippen molar-refractivity contribution in [2.45, 2.75) is 19.8 Å². The van der Waals surface area contributed by atoms with Crippen LogP contribution in [-0.2, 0) is 4.79 Å². The number of benzene rings is 3. The van der Waals surface area contributed by atoms with Crippen LogP contribution >= 0.6 is 28.1 Å². The molecular weight excluding hydrogens is 462 g/mol. The third-order valence-electron chi connectivity index (χ3n) is 4.98. The highest BCUT2D eigenvalue weighted by molar-refractivity contribution is 9.10. The predicted octanol–water partition coefficient (Wildman–Crippen LogP) is 5.32. The van der Waals surface area contributed by atoms with Crippen LogP contribution in [0.3, 0.4) is 0 Å². The van der Waals surface area contributed by atoms with E-state index in [1.54, 1.807) is 0 Å². The van der Waals surface area contributed by atoms with Crippen LogP contribution in [0, 0.1) is 13.8 Å². The Hall–Kier alpha value is -2.90. The second-order valence-electron chi connectivity index (χ2n) is 7.09. The van der Waals surface area contributed by atoms with E-state index in [4.69, 9.17) is 17.0 Å². The standard InChI is InChI=1S/C23H20BrN3O2S/c1-13-11-15(24)12-14(2)21(13)25-23(30)27-26-22(28)20-16-7-3-5-9-18(16)29-19-10-6-4-8-17(19)20/h3-12,20H,1-2H3,(H,26,28)(H2,25,27,30). The Balaban J connectivity index is 1.51. The maximum Gasteiger partial charge on any atom is 0.250 e. The van der Waals surface area contributed by atoms with E-state index in [1.165, 1.54) is 0 Å². The largest absolute Gasteiger partial charge is 0.457 e. The van der Waals surface area contributed by atoms with E-state index in [0.29, 0.717) is 16.6 Å². The first-order valence-electron chi connectivity index (χ1n) is 9.43. The number of para-hydroxylation sites is 2. The summed E-state index contributed by atoms with van der Waals surface area (Å²) in [4.78, 5) is 13.1. The van der Waals surface area contributed by atoms with Crippen molar-refractivity contribution < 1.29 is 9.53 Å². The summed E-state index contributed by atoms with van der Waals surface area (Å²) in [5.74, 6) is 0.639. The number of carbonyl (C=O) groups is 1. The second-order valence-corrected chi connectivity index (χ2v) is 8.42. The molecule has 1 amide bonds. The molecule has 0 aromatic heterocycles. The molecule has 3 N–H and O–H groups in total. The molecule has 4 rings (SSSR count). The molecule has 0 atom stereocenters. The number of carbonyl (C=O) groups excluding carboxylic acids is 1. The molecule has 0 spiro atoms. The lowest BCUT2D eigenvalue weighted by atomic mass is 9.87. The third kappa shape index (κ3) is 4.04. The molecule has 3 aromatic rings. The molecule has 1 heterocycles. The molecule has 0 aliphatic carbocycles. The van der Waals surface area contributed by atoms with Gasteiger partial charge in [-0.1, -0.05) is 52.3 Å². The van der Waals surface area contributed by atoms with Crippen LogP contribution in [-0.4, -0.2) is 11.0 Å². The normalized spacial score (nSPS) is 12.2. The number of hydrogen-bond acceptors (Lipinski definition) is 3. The van der Waals surface area contributed by atoms with Crippen molar-refractivity contribution >= 4 is 44.9 Å². The molecule has 5 nitrogen and oxygen atoms in total. The van der Waals surface area contributed by atoms with Crippen molar-refractivity contribution in [1.82, 2.24) is 10.9 Å². The maximum absolute atomic E-state index is 13.1. The Morgan fingerprint density at radius 2 is 1.47 bits per heavy atom. The summed E-state index contributed by atoms with van der Waals surface area (Å²) >= 11 is 8.88. The number of hydrazine groups is 1. The van der Waals surface area contributed by atoms with E-state index < -0.39 is 5.92 Å². The minimum atomic E-state index is -0.502. The van der Waals surface area contributed by atoms with Crippen molar-refractivity contribution in [3.63, 3.8) is 0 Å². The van der Waals surface area contributed by atoms with Gasteiger partial charge in [0.2, 0.25) is 0 Å². The number of fused-ring (bicyclic) bond motifs is 2. The van der Waals surface area contributed by atoms with Gasteiger partial charge >= 0.3 is 0 Å². The van der Waals surface area contributed by atoms with Crippen molar-refractivity contribution in [3.05, 3.63) is 87.4 Å². The van der Waals surface area contributed by atoms with Crippen LogP contribution in [0.25, 0.3) is 0 Å². The fourth-order valence-corrected chi connectivity index (χ4v) is 4.48. The quantitative estimate of drug-likeness (QED) is 0.341. The molecule has 152 valence electrons. The second kappa shape index (κ2) is 8.45. The number of aryl methyl sites for hydroxylation is 2. The monoisotopic (exact) mass is 481 g/mol. The van der Waals surface area contributed by atoms with Crippen LogP contribution < -0.4 is 20.9 Å². The SMILES string of the molecule is Cc1cc(Br)cc(C)c1NC(=S)NNC(=O)C1c2ccccc2Oc2ccccc21. The molecule has 0 radical (unpaired) electrons. The number of hydrogen-bond donors (Lipinski definition) is 3. The molecule has 0 saturated heterocycles. The smallest absolute Gasteiger partial charge is 0.250 e. The van der Waals surface area contributed by atoms with E-state index in [-0.39, 0.29) is 5.91 Å². The fourth-order valence-electron chi connectivity index (χ4n) is 3.64. The van der Waals surface area contributed by atoms with E-state index in [0.717, 1.165) is 32.4 Å². The zero-order valence-electron chi connectivity index (χ0n) is 16.5. The Kier molecular flexibility index (Phi) is 5.74. The van der Waals surface area contributed by atoms with Crippen molar-refractivity contribution in [2.75, 3.05) is 5.32 Å². The van der Waals surface area contributed by atoms with E-state index in [2.05, 4.69) is 32.1 Å². The Labute approximate surface area is 188 Å². The lowest BCUT2D eigenvalue weighted by molar-refractivity contribution is -0.122. The summed E-state index contributed by atoms with van der Waals surface area (Å²) in [5, 5.41) is 3.47. The summed E-state index contributed by atoms with van der Waals surface area (Å²) in [6, 6.07) is 19.1. The highest BCUT2D eigenvalue weighted by atomic mass is 79.9. The van der Waals surface area contributed by atoms with Gasteiger partial charge < -0.3 is 10.1 Å². The van der Waals surface area contributed by atoms with Crippen LogP contribution in [0.5, 0.6) is 11.5 Å². The van der Waals surface area contributed by atoms with Crippen LogP contribution in [0.2, 0.25) is 0 Å². The number of ether oxygens (including phenoxy) is 1. The van der Waals surface area contributed by atoms with Gasteiger partial charge in [-0.25, -0.2) is 0 Å². The average molecular weight is 482 g/mol. The zero-order chi connectivity index (χ0) is 21.3. The first-order chi connectivity index (χ1) is 14.4. The number of halogens is 1. The van der Waals surface area contributed by atoms with Gasteiger partial charge in [0.25, 0.3) is 5.91 Å². The molecule has 1 aliphatic rings. The van der Waals surface area contributed by atoms with Gasteiger partial charge in [0.15, 0.2) is 5.11 Å². The lowest BCUT2D eigenvalue weighted by Gasteiger charge is -2.27. The van der Waals surface area contributed by atoms with Gasteiger partial charge in [0.05, 0.1) is 5.92 Å². The molecule has 0 saturated carbocycles. The molecule has 0 fully saturated rings. The Morgan fingerprint density at radius 1 is 0.933 bits per heavy atom. The number of rotatable bonds is 2. The van der Waals surface area contributed by atoms with Crippen LogP contribution in [0.4, 0.5) is 5.69 Å². The van der Waals surface area contributed by atoms with Gasteiger partial charge in [-0.2, -0.15) is 0 Å². The first-order valence-corrected chi connectivity index (χ1v) is 10.6. The molecule has 7 heteroatoms. The summed E-state index contributed by atoms with van der Waals surface area (Å²) < 4.78 is 6.96. The molecular formula is C23H20BrN3O2S. The van der Waals surface area contributed by atoms with E-state index in [1.807, 2.05) is 74.5 Å². The highest BCUT2D eigenvalue weighted by Gasteiger charge is 2.32. The summed E-state index contributed by atoms with van der Waals surface area (Å²) in [6.07, 6.45) is 0.